The molecular formula is C18H20N2O3S. The van der Waals surface area contributed by atoms with Crippen LogP contribution in [0.4, 0.5) is 4.79 Å². The van der Waals surface area contributed by atoms with Gasteiger partial charge in [0.1, 0.15) is 13.2 Å². The third kappa shape index (κ3) is 2.94. The number of ether oxygens (including phenoxy) is 2. The van der Waals surface area contributed by atoms with Crippen LogP contribution in [-0.4, -0.2) is 19.2 Å². The molecule has 2 aromatic rings. The van der Waals surface area contributed by atoms with Gasteiger partial charge in [-0.25, -0.2) is 4.79 Å². The largest absolute Gasteiger partial charge is 0.486 e. The number of nitrogens with one attached hydrogen (secondary N) is 2. The lowest BCUT2D eigenvalue weighted by Crippen LogP contribution is -2.43. The molecule has 126 valence electrons. The standard InChI is InChI=1S/C18H20N2O3S/c1-12(13-4-9-24-11-13)19-17(21)20-18(5-6-18)14-2-3-15-16(10-14)23-8-7-22-15/h2-4,9-12H,5-8H2,1H3,(H2,19,20,21). The van der Waals surface area contributed by atoms with E-state index in [9.17, 15) is 4.79 Å². The highest BCUT2D eigenvalue weighted by atomic mass is 32.1. The van der Waals surface area contributed by atoms with Crippen LogP contribution in [0.25, 0.3) is 0 Å². The molecule has 0 saturated heterocycles. The highest BCUT2D eigenvalue weighted by Gasteiger charge is 2.46. The van der Waals surface area contributed by atoms with Crippen LogP contribution in [0, 0.1) is 0 Å². The second-order valence-electron chi connectivity index (χ2n) is 6.32. The summed E-state index contributed by atoms with van der Waals surface area (Å²) in [5.41, 5.74) is 1.92. The van der Waals surface area contributed by atoms with Crippen molar-refractivity contribution in [2.45, 2.75) is 31.3 Å². The summed E-state index contributed by atoms with van der Waals surface area (Å²) in [5.74, 6) is 1.54. The van der Waals surface area contributed by atoms with E-state index in [-0.39, 0.29) is 17.6 Å². The Bertz CT molecular complexity index is 741. The van der Waals surface area contributed by atoms with Gasteiger partial charge in [-0.05, 0) is 59.9 Å². The number of fused-ring (bicyclic) bond motifs is 1. The van der Waals surface area contributed by atoms with Crippen LogP contribution < -0.4 is 20.1 Å². The minimum absolute atomic E-state index is 0.00711. The van der Waals surface area contributed by atoms with Gasteiger partial charge in [0.05, 0.1) is 11.6 Å². The number of urea groups is 1. The third-order valence-electron chi connectivity index (χ3n) is 4.59. The van der Waals surface area contributed by atoms with Gasteiger partial charge in [0.25, 0.3) is 0 Å². The maximum atomic E-state index is 12.4. The van der Waals surface area contributed by atoms with Crippen molar-refractivity contribution in [3.05, 3.63) is 46.2 Å². The first-order valence-electron chi connectivity index (χ1n) is 8.17. The monoisotopic (exact) mass is 344 g/mol. The van der Waals surface area contributed by atoms with E-state index in [0.29, 0.717) is 13.2 Å². The molecule has 1 saturated carbocycles. The van der Waals surface area contributed by atoms with Crippen molar-refractivity contribution in [1.29, 1.82) is 0 Å². The van der Waals surface area contributed by atoms with Gasteiger partial charge in [0.15, 0.2) is 11.5 Å². The van der Waals surface area contributed by atoms with E-state index in [0.717, 1.165) is 35.5 Å². The highest BCUT2D eigenvalue weighted by Crippen LogP contribution is 2.47. The van der Waals surface area contributed by atoms with E-state index in [4.69, 9.17) is 9.47 Å². The summed E-state index contributed by atoms with van der Waals surface area (Å²) < 4.78 is 11.2. The quantitative estimate of drug-likeness (QED) is 0.891. The Labute approximate surface area is 145 Å². The molecule has 2 aliphatic rings. The van der Waals surface area contributed by atoms with Crippen molar-refractivity contribution in [3.63, 3.8) is 0 Å². The summed E-state index contributed by atoms with van der Waals surface area (Å²) in [6.45, 7) is 3.14. The molecule has 1 aromatic heterocycles. The van der Waals surface area contributed by atoms with Crippen molar-refractivity contribution >= 4 is 17.4 Å². The third-order valence-corrected chi connectivity index (χ3v) is 5.29. The molecule has 1 unspecified atom stereocenters. The van der Waals surface area contributed by atoms with E-state index in [1.54, 1.807) is 11.3 Å². The number of benzene rings is 1. The molecule has 2 heterocycles. The molecule has 0 bridgehead atoms. The number of hydrogen-bond acceptors (Lipinski definition) is 4. The molecule has 2 N–H and O–H groups in total. The average molecular weight is 344 g/mol. The average Bonchev–Trinajstić information content (AvgIpc) is 3.15. The predicted octanol–water partition coefficient (Wildman–Crippen LogP) is 3.57. The van der Waals surface area contributed by atoms with E-state index in [1.165, 1.54) is 0 Å². The smallest absolute Gasteiger partial charge is 0.315 e. The number of amides is 2. The van der Waals surface area contributed by atoms with Crippen LogP contribution in [0.5, 0.6) is 11.5 Å². The Morgan fingerprint density at radius 3 is 2.71 bits per heavy atom. The van der Waals surface area contributed by atoms with Gasteiger partial charge in [-0.15, -0.1) is 0 Å². The molecule has 1 aliphatic heterocycles. The molecule has 2 amide bonds. The molecule has 1 aromatic carbocycles. The lowest BCUT2D eigenvalue weighted by atomic mass is 10.0. The van der Waals surface area contributed by atoms with Crippen molar-refractivity contribution in [1.82, 2.24) is 10.6 Å². The summed E-state index contributed by atoms with van der Waals surface area (Å²) >= 11 is 1.63. The van der Waals surface area contributed by atoms with Crippen molar-refractivity contribution < 1.29 is 14.3 Å². The SMILES string of the molecule is CC(NC(=O)NC1(c2ccc3c(c2)OCCO3)CC1)c1ccsc1. The van der Waals surface area contributed by atoms with Gasteiger partial charge in [0, 0.05) is 0 Å². The molecule has 1 fully saturated rings. The summed E-state index contributed by atoms with van der Waals surface area (Å²) in [6, 6.07) is 7.82. The van der Waals surface area contributed by atoms with Crippen LogP contribution >= 0.6 is 11.3 Å². The number of rotatable bonds is 4. The molecule has 0 spiro atoms. The first-order valence-corrected chi connectivity index (χ1v) is 9.11. The lowest BCUT2D eigenvalue weighted by Gasteiger charge is -2.23. The summed E-state index contributed by atoms with van der Waals surface area (Å²) in [7, 11) is 0. The second kappa shape index (κ2) is 6.02. The summed E-state index contributed by atoms with van der Waals surface area (Å²) in [5, 5.41) is 10.2. The normalized spacial score (nSPS) is 18.5. The Morgan fingerprint density at radius 2 is 2.00 bits per heavy atom. The minimum Gasteiger partial charge on any atom is -0.486 e. The Kier molecular flexibility index (Phi) is 3.84. The van der Waals surface area contributed by atoms with Gasteiger partial charge in [-0.2, -0.15) is 11.3 Å². The minimum atomic E-state index is -0.283. The van der Waals surface area contributed by atoms with Gasteiger partial charge < -0.3 is 20.1 Å². The molecule has 0 radical (unpaired) electrons. The van der Waals surface area contributed by atoms with Crippen LogP contribution in [0.1, 0.15) is 36.9 Å². The van der Waals surface area contributed by atoms with Crippen LogP contribution in [0.3, 0.4) is 0 Å². The zero-order valence-electron chi connectivity index (χ0n) is 13.5. The number of carbonyl (C=O) groups excluding carboxylic acids is 1. The second-order valence-corrected chi connectivity index (χ2v) is 7.10. The maximum absolute atomic E-state index is 12.4. The number of carbonyl (C=O) groups is 1. The van der Waals surface area contributed by atoms with Gasteiger partial charge in [0.2, 0.25) is 0 Å². The highest BCUT2D eigenvalue weighted by molar-refractivity contribution is 7.07. The molecule has 4 rings (SSSR count). The molecular weight excluding hydrogens is 324 g/mol. The first kappa shape index (κ1) is 15.3. The fourth-order valence-electron chi connectivity index (χ4n) is 3.01. The van der Waals surface area contributed by atoms with Crippen LogP contribution in [0.2, 0.25) is 0 Å². The molecule has 24 heavy (non-hydrogen) atoms. The van der Waals surface area contributed by atoms with Crippen LogP contribution in [-0.2, 0) is 5.54 Å². The van der Waals surface area contributed by atoms with Crippen molar-refractivity contribution in [3.8, 4) is 11.5 Å². The van der Waals surface area contributed by atoms with Crippen LogP contribution in [0.15, 0.2) is 35.0 Å². The molecule has 1 atom stereocenters. The number of hydrogen-bond donors (Lipinski definition) is 2. The van der Waals surface area contributed by atoms with Gasteiger partial charge >= 0.3 is 6.03 Å². The fraction of sp³-hybridized carbons (Fsp3) is 0.389. The number of thiophene rings is 1. The van der Waals surface area contributed by atoms with Gasteiger partial charge in [-0.1, -0.05) is 6.07 Å². The summed E-state index contributed by atoms with van der Waals surface area (Å²) in [4.78, 5) is 12.4. The lowest BCUT2D eigenvalue weighted by molar-refractivity contribution is 0.171. The Morgan fingerprint density at radius 1 is 1.21 bits per heavy atom. The summed E-state index contributed by atoms with van der Waals surface area (Å²) in [6.07, 6.45) is 1.87. The van der Waals surface area contributed by atoms with E-state index < -0.39 is 0 Å². The predicted molar refractivity (Wildman–Crippen MR) is 92.7 cm³/mol. The topological polar surface area (TPSA) is 59.6 Å². The first-order chi connectivity index (χ1) is 11.7. The molecule has 5 nitrogen and oxygen atoms in total. The van der Waals surface area contributed by atoms with Crippen molar-refractivity contribution in [2.75, 3.05) is 13.2 Å². The Hall–Kier alpha value is -2.21. The zero-order valence-corrected chi connectivity index (χ0v) is 14.3. The van der Waals surface area contributed by atoms with Crippen molar-refractivity contribution in [2.24, 2.45) is 0 Å². The van der Waals surface area contributed by atoms with E-state index >= 15 is 0 Å². The molecule has 6 heteroatoms. The van der Waals surface area contributed by atoms with E-state index in [2.05, 4.69) is 16.0 Å². The fourth-order valence-corrected chi connectivity index (χ4v) is 3.76. The molecule has 1 aliphatic carbocycles. The zero-order chi connectivity index (χ0) is 16.6. The van der Waals surface area contributed by atoms with E-state index in [1.807, 2.05) is 36.6 Å². The van der Waals surface area contributed by atoms with Gasteiger partial charge in [-0.3, -0.25) is 0 Å². The maximum Gasteiger partial charge on any atom is 0.315 e. The Balaban J connectivity index is 1.45.